The molecule has 9 N–H and O–H groups in total. The van der Waals surface area contributed by atoms with Crippen molar-refractivity contribution in [2.24, 2.45) is 10.7 Å². The van der Waals surface area contributed by atoms with Gasteiger partial charge in [-0.1, -0.05) is 18.2 Å². The molecule has 1 unspecified atom stereocenters. The first-order valence-corrected chi connectivity index (χ1v) is 10.7. The van der Waals surface area contributed by atoms with Crippen LogP contribution in [0.2, 0.25) is 0 Å². The first-order chi connectivity index (χ1) is 17.4. The summed E-state index contributed by atoms with van der Waals surface area (Å²) in [6, 6.07) is 7.89. The number of carbonyl (C=O) groups excluding carboxylic acids is 1. The summed E-state index contributed by atoms with van der Waals surface area (Å²) >= 11 is 0. The minimum absolute atomic E-state index is 0.357. The monoisotopic (exact) mass is 548 g/mol. The summed E-state index contributed by atoms with van der Waals surface area (Å²) in [5.41, 5.74) is 7.08. The van der Waals surface area contributed by atoms with Crippen LogP contribution in [0.15, 0.2) is 29.3 Å². The van der Waals surface area contributed by atoms with E-state index in [0.717, 1.165) is 53.3 Å². The van der Waals surface area contributed by atoms with E-state index in [9.17, 15) is 4.79 Å². The van der Waals surface area contributed by atoms with Crippen LogP contribution in [0.3, 0.4) is 0 Å². The molecule has 218 valence electrons. The highest BCUT2D eigenvalue weighted by Gasteiger charge is 2.02. The first-order valence-electron chi connectivity index (χ1n) is 10.7. The largest absolute Gasteiger partial charge is 0.481 e. The Morgan fingerprint density at radius 1 is 0.842 bits per heavy atom. The van der Waals surface area contributed by atoms with Crippen molar-refractivity contribution in [3.8, 4) is 0 Å². The minimum atomic E-state index is -0.833. The fourth-order valence-electron chi connectivity index (χ4n) is 1.64. The van der Waals surface area contributed by atoms with Crippen LogP contribution in [-0.4, -0.2) is 87.1 Å². The third kappa shape index (κ3) is 76.9. The van der Waals surface area contributed by atoms with Gasteiger partial charge in [-0.25, -0.2) is 4.79 Å². The van der Waals surface area contributed by atoms with Crippen LogP contribution in [-0.2, 0) is 35.3 Å². The summed E-state index contributed by atoms with van der Waals surface area (Å²) in [7, 11) is 0. The molecule has 0 saturated heterocycles. The molecule has 0 bridgehead atoms. The third-order valence-electron chi connectivity index (χ3n) is 2.56. The van der Waals surface area contributed by atoms with Gasteiger partial charge in [0, 0.05) is 66.8 Å². The highest BCUT2D eigenvalue weighted by Crippen LogP contribution is 2.17. The zero-order chi connectivity index (χ0) is 31.1. The summed E-state index contributed by atoms with van der Waals surface area (Å²) in [5.74, 6) is -4.17. The van der Waals surface area contributed by atoms with E-state index in [0.29, 0.717) is 24.8 Å². The standard InChI is InChI=1S/C13H20N4O.5C2H4O2/c1-11(16-7-6-14)8-15-9-12-4-2-3-5-13(12)17-10-18;5*1-2(3)4/h2-5,11,15-16H,6-9,14H2,1H3;5*1H3,(H,3,4). The molecule has 0 spiro atoms. The molecular weight excluding hydrogens is 508 g/mol. The molecule has 0 aliphatic carbocycles. The predicted molar refractivity (Wildman–Crippen MR) is 139 cm³/mol. The average Bonchev–Trinajstić information content (AvgIpc) is 2.72. The molecule has 1 atom stereocenters. The summed E-state index contributed by atoms with van der Waals surface area (Å²) in [5, 5.41) is 43.7. The second kappa shape index (κ2) is 32.8. The molecule has 0 amide bonds. The maximum atomic E-state index is 10.3. The Kier molecular flexibility index (Phi) is 37.9. The summed E-state index contributed by atoms with van der Waals surface area (Å²) in [6.45, 7) is 10.5. The third-order valence-corrected chi connectivity index (χ3v) is 2.56. The van der Waals surface area contributed by atoms with Gasteiger partial charge in [-0.05, 0) is 18.6 Å². The number of para-hydroxylation sites is 1. The van der Waals surface area contributed by atoms with E-state index in [1.165, 1.54) is 0 Å². The van der Waals surface area contributed by atoms with Crippen LogP contribution < -0.4 is 16.4 Å². The van der Waals surface area contributed by atoms with E-state index in [1.54, 1.807) is 12.1 Å². The zero-order valence-electron chi connectivity index (χ0n) is 22.4. The van der Waals surface area contributed by atoms with Crippen molar-refractivity contribution in [2.75, 3.05) is 19.6 Å². The van der Waals surface area contributed by atoms with Gasteiger partial charge in [-0.15, -0.1) is 0 Å². The number of nitrogens with one attached hydrogen (secondary N) is 2. The average molecular weight is 549 g/mol. The predicted octanol–water partition coefficient (Wildman–Crippen LogP) is 1.13. The minimum Gasteiger partial charge on any atom is -0.481 e. The number of carboxylic acid groups (broad SMARTS) is 5. The van der Waals surface area contributed by atoms with Crippen LogP contribution in [0.4, 0.5) is 5.69 Å². The number of benzene rings is 1. The van der Waals surface area contributed by atoms with Crippen molar-refractivity contribution in [3.63, 3.8) is 0 Å². The van der Waals surface area contributed by atoms with E-state index >= 15 is 0 Å². The quantitative estimate of drug-likeness (QED) is 0.167. The Morgan fingerprint density at radius 2 is 1.21 bits per heavy atom. The fraction of sp³-hybridized carbons (Fsp3) is 0.478. The lowest BCUT2D eigenvalue weighted by molar-refractivity contribution is -0.135. The molecule has 38 heavy (non-hydrogen) atoms. The summed E-state index contributed by atoms with van der Waals surface area (Å²) < 4.78 is 0. The highest BCUT2D eigenvalue weighted by atomic mass is 16.4. The molecule has 0 fully saturated rings. The lowest BCUT2D eigenvalue weighted by atomic mass is 10.2. The van der Waals surface area contributed by atoms with Crippen molar-refractivity contribution in [3.05, 3.63) is 29.8 Å². The summed E-state index contributed by atoms with van der Waals surface area (Å²) in [4.78, 5) is 59.0. The molecule has 15 nitrogen and oxygen atoms in total. The second-order valence-corrected chi connectivity index (χ2v) is 6.70. The number of hydrogen-bond acceptors (Lipinski definition) is 10. The van der Waals surface area contributed by atoms with Crippen molar-refractivity contribution in [1.82, 2.24) is 10.6 Å². The van der Waals surface area contributed by atoms with Crippen LogP contribution in [0.25, 0.3) is 0 Å². The number of carboxylic acids is 5. The molecule has 0 saturated carbocycles. The van der Waals surface area contributed by atoms with Gasteiger partial charge < -0.3 is 41.9 Å². The van der Waals surface area contributed by atoms with E-state index in [2.05, 4.69) is 22.5 Å². The molecule has 0 aliphatic rings. The van der Waals surface area contributed by atoms with E-state index in [4.69, 9.17) is 55.2 Å². The molecule has 0 aliphatic heterocycles. The molecule has 0 heterocycles. The highest BCUT2D eigenvalue weighted by molar-refractivity contribution is 5.64. The number of carbonyl (C=O) groups is 5. The van der Waals surface area contributed by atoms with Crippen molar-refractivity contribution in [2.45, 2.75) is 54.1 Å². The molecule has 1 aromatic carbocycles. The summed E-state index contributed by atoms with van der Waals surface area (Å²) in [6.07, 6.45) is 1.57. The van der Waals surface area contributed by atoms with Gasteiger partial charge in [-0.2, -0.15) is 4.99 Å². The SMILES string of the molecule is CC(=O)O.CC(=O)O.CC(=O)O.CC(=O)O.CC(=O)O.CC(CNCc1ccccc1N=C=O)NCCN. The molecule has 15 heteroatoms. The van der Waals surface area contributed by atoms with Crippen molar-refractivity contribution in [1.29, 1.82) is 0 Å². The smallest absolute Gasteiger partial charge is 0.300 e. The first kappa shape index (κ1) is 43.9. The normalized spacial score (nSPS) is 8.92. The van der Waals surface area contributed by atoms with Crippen LogP contribution in [0.5, 0.6) is 0 Å². The molecule has 1 aromatic rings. The number of nitrogens with two attached hydrogens (primary N) is 1. The van der Waals surface area contributed by atoms with E-state index < -0.39 is 29.8 Å². The zero-order valence-corrected chi connectivity index (χ0v) is 22.4. The maximum Gasteiger partial charge on any atom is 0.300 e. The van der Waals surface area contributed by atoms with Gasteiger partial charge in [0.05, 0.1) is 5.69 Å². The number of rotatable bonds is 8. The van der Waals surface area contributed by atoms with Gasteiger partial charge in [0.1, 0.15) is 0 Å². The second-order valence-electron chi connectivity index (χ2n) is 6.70. The Hall–Kier alpha value is -4.17. The topological polar surface area (TPSA) is 266 Å². The van der Waals surface area contributed by atoms with Gasteiger partial charge in [0.2, 0.25) is 6.08 Å². The van der Waals surface area contributed by atoms with E-state index in [-0.39, 0.29) is 0 Å². The lowest BCUT2D eigenvalue weighted by Gasteiger charge is -2.14. The number of aliphatic imine (C=N–C) groups is 1. The van der Waals surface area contributed by atoms with Crippen molar-refractivity contribution >= 4 is 41.6 Å². The Bertz CT molecular complexity index is 753. The molecule has 1 rings (SSSR count). The van der Waals surface area contributed by atoms with Crippen LogP contribution in [0, 0.1) is 0 Å². The van der Waals surface area contributed by atoms with Gasteiger partial charge in [0.15, 0.2) is 0 Å². The van der Waals surface area contributed by atoms with Crippen molar-refractivity contribution < 1.29 is 54.3 Å². The number of aliphatic carboxylic acids is 5. The Morgan fingerprint density at radius 3 is 1.55 bits per heavy atom. The maximum absolute atomic E-state index is 10.3. The van der Waals surface area contributed by atoms with Gasteiger partial charge >= 0.3 is 0 Å². The number of nitrogens with zero attached hydrogens (tertiary/aromatic N) is 1. The Balaban J connectivity index is -0.000000148. The van der Waals surface area contributed by atoms with Crippen LogP contribution in [0.1, 0.15) is 47.1 Å². The van der Waals surface area contributed by atoms with E-state index in [1.807, 2.05) is 18.2 Å². The molecular formula is C23H40N4O11. The van der Waals surface area contributed by atoms with Crippen LogP contribution >= 0.6 is 0 Å². The Labute approximate surface area is 221 Å². The van der Waals surface area contributed by atoms with Gasteiger partial charge in [0.25, 0.3) is 29.8 Å². The fourth-order valence-corrected chi connectivity index (χ4v) is 1.64. The number of isocyanates is 1. The van der Waals surface area contributed by atoms with Gasteiger partial charge in [-0.3, -0.25) is 24.0 Å². The lowest BCUT2D eigenvalue weighted by Crippen LogP contribution is -2.38. The molecule has 0 aromatic heterocycles. The molecule has 0 radical (unpaired) electrons. The number of hydrogen-bond donors (Lipinski definition) is 8.